The molecule has 1 aliphatic carbocycles. The van der Waals surface area contributed by atoms with Gasteiger partial charge in [-0.25, -0.2) is 4.98 Å². The molecule has 2 nitrogen and oxygen atoms in total. The lowest BCUT2D eigenvalue weighted by Gasteiger charge is -2.33. The smallest absolute Gasteiger partial charge is 0.0794 e. The Bertz CT molecular complexity index is 317. The first-order valence-electron chi connectivity index (χ1n) is 6.20. The number of thiazole rings is 1. The summed E-state index contributed by atoms with van der Waals surface area (Å²) >= 11 is 1.70. The molecule has 0 bridgehead atoms. The van der Waals surface area contributed by atoms with Crippen molar-refractivity contribution in [1.29, 1.82) is 0 Å². The van der Waals surface area contributed by atoms with Gasteiger partial charge in [0.1, 0.15) is 0 Å². The molecule has 1 aliphatic rings. The number of nitrogens with one attached hydrogen (secondary N) is 1. The van der Waals surface area contributed by atoms with E-state index in [9.17, 15) is 0 Å². The van der Waals surface area contributed by atoms with E-state index in [1.165, 1.54) is 18.5 Å². The highest BCUT2D eigenvalue weighted by molar-refractivity contribution is 7.07. The summed E-state index contributed by atoms with van der Waals surface area (Å²) in [6.07, 6.45) is 3.82. The normalized spacial score (nSPS) is 20.0. The van der Waals surface area contributed by atoms with Gasteiger partial charge in [-0.3, -0.25) is 0 Å². The summed E-state index contributed by atoms with van der Waals surface area (Å²) in [5.41, 5.74) is 3.51. The van der Waals surface area contributed by atoms with Crippen molar-refractivity contribution in [3.63, 3.8) is 0 Å². The van der Waals surface area contributed by atoms with E-state index in [-0.39, 0.29) is 0 Å². The van der Waals surface area contributed by atoms with Crippen molar-refractivity contribution in [2.45, 2.75) is 46.1 Å². The van der Waals surface area contributed by atoms with Gasteiger partial charge in [-0.2, -0.15) is 0 Å². The van der Waals surface area contributed by atoms with Crippen LogP contribution in [0.4, 0.5) is 0 Å². The molecule has 3 heteroatoms. The molecule has 0 saturated heterocycles. The van der Waals surface area contributed by atoms with Crippen LogP contribution in [0, 0.1) is 11.3 Å². The minimum Gasteiger partial charge on any atom is -0.313 e. The molecule has 16 heavy (non-hydrogen) atoms. The van der Waals surface area contributed by atoms with Crippen molar-refractivity contribution in [3.05, 3.63) is 16.6 Å². The van der Waals surface area contributed by atoms with Crippen molar-refractivity contribution in [2.75, 3.05) is 6.54 Å². The number of hydrogen-bond acceptors (Lipinski definition) is 3. The van der Waals surface area contributed by atoms with E-state index in [1.807, 2.05) is 5.51 Å². The molecule has 0 radical (unpaired) electrons. The Kier molecular flexibility index (Phi) is 3.65. The second kappa shape index (κ2) is 4.84. The van der Waals surface area contributed by atoms with Gasteiger partial charge >= 0.3 is 0 Å². The molecule has 1 heterocycles. The van der Waals surface area contributed by atoms with E-state index >= 15 is 0 Å². The zero-order valence-electron chi connectivity index (χ0n) is 10.5. The van der Waals surface area contributed by atoms with Crippen molar-refractivity contribution in [3.8, 4) is 0 Å². The summed E-state index contributed by atoms with van der Waals surface area (Å²) in [7, 11) is 0. The quantitative estimate of drug-likeness (QED) is 0.824. The second-order valence-corrected chi connectivity index (χ2v) is 6.34. The lowest BCUT2D eigenvalue weighted by Crippen LogP contribution is -2.38. The van der Waals surface area contributed by atoms with Crippen LogP contribution in [0.15, 0.2) is 10.9 Å². The Morgan fingerprint density at radius 1 is 1.56 bits per heavy atom. The standard InChI is InChI=1S/C13H22N2S/c1-10(2)13(3,8-14-11-4-5-11)6-12-7-16-9-15-12/h7,9-11,14H,4-6,8H2,1-3H3. The van der Waals surface area contributed by atoms with E-state index in [1.54, 1.807) is 11.3 Å². The van der Waals surface area contributed by atoms with Crippen LogP contribution in [0.25, 0.3) is 0 Å². The van der Waals surface area contributed by atoms with Gasteiger partial charge in [0.15, 0.2) is 0 Å². The molecule has 1 aromatic heterocycles. The summed E-state index contributed by atoms with van der Waals surface area (Å²) in [5.74, 6) is 0.681. The molecule has 1 atom stereocenters. The van der Waals surface area contributed by atoms with Crippen LogP contribution in [0.5, 0.6) is 0 Å². The topological polar surface area (TPSA) is 24.9 Å². The molecule has 1 saturated carbocycles. The van der Waals surface area contributed by atoms with Crippen LogP contribution < -0.4 is 5.32 Å². The summed E-state index contributed by atoms with van der Waals surface area (Å²) in [6.45, 7) is 8.14. The maximum Gasteiger partial charge on any atom is 0.0794 e. The van der Waals surface area contributed by atoms with Gasteiger partial charge in [-0.05, 0) is 30.6 Å². The number of rotatable bonds is 6. The molecule has 1 N–H and O–H groups in total. The molecule has 0 aromatic carbocycles. The highest BCUT2D eigenvalue weighted by atomic mass is 32.1. The average Bonchev–Trinajstić information content (AvgIpc) is 2.94. The third-order valence-electron chi connectivity index (χ3n) is 3.83. The molecular weight excluding hydrogens is 216 g/mol. The van der Waals surface area contributed by atoms with E-state index < -0.39 is 0 Å². The minimum absolute atomic E-state index is 0.330. The van der Waals surface area contributed by atoms with Crippen LogP contribution >= 0.6 is 11.3 Å². The molecule has 90 valence electrons. The Morgan fingerprint density at radius 3 is 2.81 bits per heavy atom. The Labute approximate surface area is 102 Å². The van der Waals surface area contributed by atoms with Crippen LogP contribution in [0.1, 0.15) is 39.3 Å². The van der Waals surface area contributed by atoms with Crippen LogP contribution in [-0.4, -0.2) is 17.6 Å². The van der Waals surface area contributed by atoms with Gasteiger partial charge in [0.25, 0.3) is 0 Å². The van der Waals surface area contributed by atoms with Crippen LogP contribution in [0.2, 0.25) is 0 Å². The van der Waals surface area contributed by atoms with Gasteiger partial charge in [0, 0.05) is 18.0 Å². The summed E-state index contributed by atoms with van der Waals surface area (Å²) < 4.78 is 0. The van der Waals surface area contributed by atoms with Gasteiger partial charge in [0.05, 0.1) is 11.2 Å². The predicted molar refractivity (Wildman–Crippen MR) is 69.8 cm³/mol. The number of nitrogens with zero attached hydrogens (tertiary/aromatic N) is 1. The first-order chi connectivity index (χ1) is 7.60. The van der Waals surface area contributed by atoms with E-state index in [4.69, 9.17) is 0 Å². The van der Waals surface area contributed by atoms with Gasteiger partial charge in [-0.1, -0.05) is 20.8 Å². The molecule has 1 unspecified atom stereocenters. The van der Waals surface area contributed by atoms with Gasteiger partial charge in [0.2, 0.25) is 0 Å². The molecular formula is C13H22N2S. The van der Waals surface area contributed by atoms with Crippen molar-refractivity contribution in [2.24, 2.45) is 11.3 Å². The molecule has 0 spiro atoms. The first-order valence-corrected chi connectivity index (χ1v) is 7.15. The van der Waals surface area contributed by atoms with E-state index in [0.29, 0.717) is 11.3 Å². The van der Waals surface area contributed by atoms with Crippen LogP contribution in [0.3, 0.4) is 0 Å². The lowest BCUT2D eigenvalue weighted by molar-refractivity contribution is 0.205. The maximum absolute atomic E-state index is 4.42. The fourth-order valence-electron chi connectivity index (χ4n) is 1.87. The van der Waals surface area contributed by atoms with E-state index in [0.717, 1.165) is 19.0 Å². The fraction of sp³-hybridized carbons (Fsp3) is 0.769. The fourth-order valence-corrected chi connectivity index (χ4v) is 2.43. The zero-order valence-corrected chi connectivity index (χ0v) is 11.3. The van der Waals surface area contributed by atoms with Crippen LogP contribution in [-0.2, 0) is 6.42 Å². The SMILES string of the molecule is CC(C)C(C)(CNC1CC1)Cc1cscn1. The molecule has 1 aromatic rings. The largest absolute Gasteiger partial charge is 0.313 e. The molecule has 1 fully saturated rings. The third-order valence-corrected chi connectivity index (χ3v) is 4.47. The Hall–Kier alpha value is -0.410. The molecule has 0 amide bonds. The Balaban J connectivity index is 1.95. The average molecular weight is 238 g/mol. The van der Waals surface area contributed by atoms with Crippen molar-refractivity contribution in [1.82, 2.24) is 10.3 Å². The van der Waals surface area contributed by atoms with Crippen molar-refractivity contribution < 1.29 is 0 Å². The van der Waals surface area contributed by atoms with Gasteiger partial charge in [-0.15, -0.1) is 11.3 Å². The predicted octanol–water partition coefficient (Wildman–Crippen LogP) is 3.10. The third kappa shape index (κ3) is 3.05. The highest BCUT2D eigenvalue weighted by Gasteiger charge is 2.31. The number of aromatic nitrogens is 1. The first kappa shape index (κ1) is 12.1. The zero-order chi connectivity index (χ0) is 11.6. The summed E-state index contributed by atoms with van der Waals surface area (Å²) in [4.78, 5) is 4.42. The van der Waals surface area contributed by atoms with E-state index in [2.05, 4.69) is 36.5 Å². The lowest BCUT2D eigenvalue weighted by atomic mass is 9.75. The van der Waals surface area contributed by atoms with Gasteiger partial charge < -0.3 is 5.32 Å². The second-order valence-electron chi connectivity index (χ2n) is 5.62. The number of hydrogen-bond donors (Lipinski definition) is 1. The monoisotopic (exact) mass is 238 g/mol. The summed E-state index contributed by atoms with van der Waals surface area (Å²) in [5, 5.41) is 5.84. The summed E-state index contributed by atoms with van der Waals surface area (Å²) in [6, 6.07) is 0.800. The molecule has 0 aliphatic heterocycles. The maximum atomic E-state index is 4.42. The minimum atomic E-state index is 0.330. The molecule has 2 rings (SSSR count). The Morgan fingerprint density at radius 2 is 2.31 bits per heavy atom. The highest BCUT2D eigenvalue weighted by Crippen LogP contribution is 2.32. The van der Waals surface area contributed by atoms with Crippen molar-refractivity contribution >= 4 is 11.3 Å².